The zero-order valence-electron chi connectivity index (χ0n) is 19.0. The predicted octanol–water partition coefficient (Wildman–Crippen LogP) is 3.14. The van der Waals surface area contributed by atoms with E-state index in [1.54, 1.807) is 13.3 Å². The van der Waals surface area contributed by atoms with Crippen LogP contribution in [0.3, 0.4) is 0 Å². The molecule has 6 rings (SSSR count). The summed E-state index contributed by atoms with van der Waals surface area (Å²) in [5.74, 6) is 1.88. The molecular formula is C24H26ClN5O3S. The van der Waals surface area contributed by atoms with Crippen LogP contribution in [0.4, 0.5) is 0 Å². The highest BCUT2D eigenvalue weighted by molar-refractivity contribution is 7.25. The molecule has 0 bridgehead atoms. The number of H-pyrrole nitrogens is 1. The van der Waals surface area contributed by atoms with Crippen LogP contribution in [0.25, 0.3) is 20.6 Å². The smallest absolute Gasteiger partial charge is 0.328 e. The van der Waals surface area contributed by atoms with Crippen LogP contribution < -0.4 is 21.3 Å². The van der Waals surface area contributed by atoms with Crippen LogP contribution in [0.2, 0.25) is 0 Å². The third-order valence-electron chi connectivity index (χ3n) is 7.20. The van der Waals surface area contributed by atoms with Crippen molar-refractivity contribution in [2.45, 2.75) is 44.7 Å². The normalized spacial score (nSPS) is 21.3. The van der Waals surface area contributed by atoms with Gasteiger partial charge in [0.05, 0.1) is 18.3 Å². The molecule has 1 aromatic carbocycles. The van der Waals surface area contributed by atoms with Crippen molar-refractivity contribution in [2.24, 2.45) is 5.92 Å². The summed E-state index contributed by atoms with van der Waals surface area (Å²) in [7, 11) is 1.72. The van der Waals surface area contributed by atoms with Gasteiger partial charge in [-0.25, -0.2) is 14.8 Å². The number of methoxy groups -OCH3 is 1. The largest absolute Gasteiger partial charge is 0.496 e. The molecule has 2 N–H and O–H groups in total. The molecule has 2 aliphatic rings. The first-order chi connectivity index (χ1) is 16.0. The minimum Gasteiger partial charge on any atom is -0.496 e. The number of rotatable bonds is 4. The van der Waals surface area contributed by atoms with Crippen molar-refractivity contribution in [1.29, 1.82) is 0 Å². The summed E-state index contributed by atoms with van der Waals surface area (Å²) in [4.78, 5) is 38.5. The summed E-state index contributed by atoms with van der Waals surface area (Å²) in [5.41, 5.74) is 3.83. The van der Waals surface area contributed by atoms with E-state index in [2.05, 4.69) is 32.4 Å². The van der Waals surface area contributed by atoms with Gasteiger partial charge in [-0.1, -0.05) is 12.1 Å². The number of halogens is 1. The fourth-order valence-electron chi connectivity index (χ4n) is 5.68. The van der Waals surface area contributed by atoms with Crippen molar-refractivity contribution in [2.75, 3.05) is 13.7 Å². The molecule has 1 unspecified atom stereocenters. The summed E-state index contributed by atoms with van der Waals surface area (Å²) in [5, 5.41) is 3.67. The molecule has 1 fully saturated rings. The quantitative estimate of drug-likeness (QED) is 0.447. The van der Waals surface area contributed by atoms with Crippen LogP contribution in [0, 0.1) is 12.8 Å². The average molecular weight is 500 g/mol. The number of hydrogen-bond donors (Lipinski definition) is 2. The van der Waals surface area contributed by atoms with E-state index >= 15 is 0 Å². The van der Waals surface area contributed by atoms with E-state index in [1.807, 2.05) is 13.0 Å². The Kier molecular flexibility index (Phi) is 5.95. The van der Waals surface area contributed by atoms with E-state index in [0.717, 1.165) is 30.8 Å². The predicted molar refractivity (Wildman–Crippen MR) is 136 cm³/mol. The lowest BCUT2D eigenvalue weighted by Gasteiger charge is -2.32. The molecule has 178 valence electrons. The third kappa shape index (κ3) is 3.54. The Balaban J connectivity index is 0.00000241. The van der Waals surface area contributed by atoms with Crippen LogP contribution in [0.1, 0.15) is 35.6 Å². The van der Waals surface area contributed by atoms with Crippen LogP contribution in [-0.4, -0.2) is 39.2 Å². The lowest BCUT2D eigenvalue weighted by atomic mass is 9.73. The molecule has 0 amide bonds. The molecule has 0 saturated carbocycles. The molecule has 1 aliphatic carbocycles. The lowest BCUT2D eigenvalue weighted by molar-refractivity contribution is 0.371. The second kappa shape index (κ2) is 8.79. The van der Waals surface area contributed by atoms with Gasteiger partial charge in [-0.15, -0.1) is 23.7 Å². The maximum absolute atomic E-state index is 13.2. The van der Waals surface area contributed by atoms with Crippen LogP contribution in [0.15, 0.2) is 34.0 Å². The Morgan fingerprint density at radius 3 is 2.97 bits per heavy atom. The van der Waals surface area contributed by atoms with Gasteiger partial charge in [0, 0.05) is 24.7 Å². The second-order valence-electron chi connectivity index (χ2n) is 9.01. The minimum absolute atomic E-state index is 0. The fourth-order valence-corrected chi connectivity index (χ4v) is 6.76. The average Bonchev–Trinajstić information content (AvgIpc) is 3.39. The first-order valence-corrected chi connectivity index (χ1v) is 12.1. The molecule has 3 aromatic heterocycles. The first kappa shape index (κ1) is 23.0. The fraction of sp³-hybridized carbons (Fsp3) is 0.417. The zero-order valence-corrected chi connectivity index (χ0v) is 20.6. The molecule has 4 heterocycles. The number of nitrogens with zero attached hydrogens (tertiary/aromatic N) is 3. The summed E-state index contributed by atoms with van der Waals surface area (Å²) in [6, 6.07) is 6.50. The summed E-state index contributed by atoms with van der Waals surface area (Å²) >= 11 is 1.29. The van der Waals surface area contributed by atoms with Gasteiger partial charge in [-0.05, 0) is 55.8 Å². The molecule has 4 aromatic rings. The standard InChI is InChI=1S/C24H25N5O3S.ClH/c1-12-10-26-20-19-21(33-22(20)27-12)23(30)29(24(31)28-19)9-8-16-18-13(11-25-16)6-7-14-15(18)4-3-5-17(14)32-2;/h3-5,10,13,16,18,25H,6-9,11H2,1-2H3,(H,28,31);1H/t13-,16?,18+;/m0./s1. The molecule has 0 spiro atoms. The molecule has 1 saturated heterocycles. The molecule has 0 radical (unpaired) electrons. The van der Waals surface area contributed by atoms with E-state index < -0.39 is 5.69 Å². The van der Waals surface area contributed by atoms with Gasteiger partial charge in [0.2, 0.25) is 0 Å². The molecule has 3 atom stereocenters. The van der Waals surface area contributed by atoms with E-state index in [1.165, 1.54) is 27.0 Å². The highest BCUT2D eigenvalue weighted by Gasteiger charge is 2.40. The number of ether oxygens (including phenoxy) is 1. The topological polar surface area (TPSA) is 102 Å². The van der Waals surface area contributed by atoms with Crippen LogP contribution in [-0.2, 0) is 13.0 Å². The molecule has 34 heavy (non-hydrogen) atoms. The number of nitrogens with one attached hydrogen (secondary N) is 2. The van der Waals surface area contributed by atoms with Gasteiger partial charge in [0.1, 0.15) is 20.8 Å². The Morgan fingerprint density at radius 1 is 1.29 bits per heavy atom. The number of fused-ring (bicyclic) bond motifs is 6. The van der Waals surface area contributed by atoms with Crippen molar-refractivity contribution in [1.82, 2.24) is 24.8 Å². The first-order valence-electron chi connectivity index (χ1n) is 11.3. The number of benzene rings is 1. The Hall–Kier alpha value is -2.75. The second-order valence-corrected chi connectivity index (χ2v) is 10.0. The monoisotopic (exact) mass is 499 g/mol. The van der Waals surface area contributed by atoms with Crippen molar-refractivity contribution >= 4 is 44.3 Å². The maximum atomic E-state index is 13.2. The SMILES string of the molecule is COc1cccc2c1CC[C@H]1CNC(CCn3c(=O)[nH]c4c(sc5nc(C)cnc54)c3=O)[C@@H]21.Cl. The van der Waals surface area contributed by atoms with Crippen molar-refractivity contribution in [3.63, 3.8) is 0 Å². The van der Waals surface area contributed by atoms with Crippen molar-refractivity contribution in [3.8, 4) is 5.75 Å². The minimum atomic E-state index is -0.394. The van der Waals surface area contributed by atoms with Gasteiger partial charge in [0.25, 0.3) is 5.56 Å². The van der Waals surface area contributed by atoms with Gasteiger partial charge in [-0.3, -0.25) is 9.36 Å². The van der Waals surface area contributed by atoms with Crippen LogP contribution in [0.5, 0.6) is 5.75 Å². The third-order valence-corrected chi connectivity index (χ3v) is 8.26. The highest BCUT2D eigenvalue weighted by Crippen LogP contribution is 2.45. The maximum Gasteiger partial charge on any atom is 0.328 e. The number of aryl methyl sites for hydroxylation is 1. The Labute approximate surface area is 205 Å². The lowest BCUT2D eigenvalue weighted by Crippen LogP contribution is -2.37. The van der Waals surface area contributed by atoms with E-state index in [9.17, 15) is 9.59 Å². The van der Waals surface area contributed by atoms with E-state index in [0.29, 0.717) is 45.4 Å². The molecular weight excluding hydrogens is 474 g/mol. The Morgan fingerprint density at radius 2 is 2.15 bits per heavy atom. The highest BCUT2D eigenvalue weighted by atomic mass is 35.5. The van der Waals surface area contributed by atoms with Gasteiger partial charge >= 0.3 is 5.69 Å². The molecule has 8 nitrogen and oxygen atoms in total. The van der Waals surface area contributed by atoms with Crippen molar-refractivity contribution < 1.29 is 4.74 Å². The van der Waals surface area contributed by atoms with Gasteiger partial charge in [-0.2, -0.15) is 0 Å². The molecule has 1 aliphatic heterocycles. The van der Waals surface area contributed by atoms with Crippen LogP contribution >= 0.6 is 23.7 Å². The summed E-state index contributed by atoms with van der Waals surface area (Å²) in [6.45, 7) is 3.18. The number of thiophene rings is 1. The van der Waals surface area contributed by atoms with Crippen molar-refractivity contribution in [3.05, 3.63) is 62.1 Å². The zero-order chi connectivity index (χ0) is 22.7. The number of hydrogen-bond acceptors (Lipinski definition) is 7. The molecule has 10 heteroatoms. The van der Waals surface area contributed by atoms with Gasteiger partial charge < -0.3 is 15.0 Å². The van der Waals surface area contributed by atoms with Gasteiger partial charge in [0.15, 0.2) is 0 Å². The summed E-state index contributed by atoms with van der Waals surface area (Å²) < 4.78 is 7.44. The summed E-state index contributed by atoms with van der Waals surface area (Å²) in [6.07, 6.45) is 4.50. The number of aromatic nitrogens is 4. The Bertz CT molecular complexity index is 1510. The number of aromatic amines is 1. The van der Waals surface area contributed by atoms with E-state index in [-0.39, 0.29) is 24.0 Å². The van der Waals surface area contributed by atoms with E-state index in [4.69, 9.17) is 4.74 Å².